The van der Waals surface area contributed by atoms with E-state index in [0.717, 1.165) is 5.56 Å². The van der Waals surface area contributed by atoms with Gasteiger partial charge >= 0.3 is 18.2 Å². The molecular weight excluding hydrogens is 340 g/mol. The quantitative estimate of drug-likeness (QED) is 0.669. The van der Waals surface area contributed by atoms with Crippen LogP contribution in [0.2, 0.25) is 0 Å². The van der Waals surface area contributed by atoms with Crippen LogP contribution in [0.3, 0.4) is 0 Å². The summed E-state index contributed by atoms with van der Waals surface area (Å²) in [5.74, 6) is -1.36. The third-order valence-corrected chi connectivity index (χ3v) is 2.84. The number of nitrogens with one attached hydrogen (secondary N) is 2. The van der Waals surface area contributed by atoms with Crippen molar-refractivity contribution in [3.8, 4) is 0 Å². The van der Waals surface area contributed by atoms with Crippen molar-refractivity contribution in [2.24, 2.45) is 0 Å². The van der Waals surface area contributed by atoms with Gasteiger partial charge in [-0.05, 0) is 39.3 Å². The van der Waals surface area contributed by atoms with Crippen LogP contribution < -0.4 is 10.6 Å². The van der Waals surface area contributed by atoms with Gasteiger partial charge < -0.3 is 19.9 Å². The molecule has 2 amide bonds. The van der Waals surface area contributed by atoms with Crippen LogP contribution in [0.4, 0.5) is 9.59 Å². The maximum atomic E-state index is 11.8. The van der Waals surface area contributed by atoms with Crippen molar-refractivity contribution < 1.29 is 29.0 Å². The normalized spacial score (nSPS) is 12.7. The molecule has 0 unspecified atom stereocenters. The van der Waals surface area contributed by atoms with E-state index in [4.69, 9.17) is 9.47 Å². The fourth-order valence-electron chi connectivity index (χ4n) is 1.82. The molecule has 0 radical (unpaired) electrons. The smallest absolute Gasteiger partial charge is 0.412 e. The molecule has 1 atom stereocenters. The van der Waals surface area contributed by atoms with Gasteiger partial charge in [-0.2, -0.15) is 0 Å². The third-order valence-electron chi connectivity index (χ3n) is 2.84. The molecule has 8 heteroatoms. The summed E-state index contributed by atoms with van der Waals surface area (Å²) in [5, 5.41) is 13.8. The van der Waals surface area contributed by atoms with Gasteiger partial charge in [0.2, 0.25) is 0 Å². The van der Waals surface area contributed by atoms with Crippen LogP contribution in [0.25, 0.3) is 0 Å². The Bertz CT molecular complexity index is 664. The lowest BCUT2D eigenvalue weighted by Crippen LogP contribution is -2.37. The predicted octanol–water partition coefficient (Wildman–Crippen LogP) is 2.79. The molecule has 0 aliphatic rings. The highest BCUT2D eigenvalue weighted by molar-refractivity contribution is 5.91. The monoisotopic (exact) mass is 364 g/mol. The number of carbonyl (C=O) groups excluding carboxylic acids is 2. The second kappa shape index (κ2) is 9.45. The minimum Gasteiger partial charge on any atom is -0.477 e. The van der Waals surface area contributed by atoms with Gasteiger partial charge in [0.1, 0.15) is 17.9 Å². The molecule has 0 saturated heterocycles. The van der Waals surface area contributed by atoms with Crippen molar-refractivity contribution in [2.45, 2.75) is 45.9 Å². The standard InChI is InChI=1S/C18H24N2O6/c1-12(19-16(23)25-11-13-8-6-5-7-9-13)10-14(15(21)22)20-17(24)26-18(2,3)4/h5-10,12H,11H2,1-4H3,(H,19,23)(H,20,24)(H,21,22)/b14-10-/t12-/m1/s1. The fraction of sp³-hybridized carbons (Fsp3) is 0.389. The van der Waals surface area contributed by atoms with E-state index in [1.54, 1.807) is 27.7 Å². The summed E-state index contributed by atoms with van der Waals surface area (Å²) in [6.45, 7) is 6.60. The maximum Gasteiger partial charge on any atom is 0.412 e. The van der Waals surface area contributed by atoms with E-state index in [1.165, 1.54) is 6.08 Å². The number of benzene rings is 1. The fourth-order valence-corrected chi connectivity index (χ4v) is 1.82. The van der Waals surface area contributed by atoms with E-state index in [0.29, 0.717) is 0 Å². The molecule has 142 valence electrons. The predicted molar refractivity (Wildman–Crippen MR) is 94.3 cm³/mol. The number of carboxylic acid groups (broad SMARTS) is 1. The number of carboxylic acids is 1. The minimum absolute atomic E-state index is 0.0883. The van der Waals surface area contributed by atoms with Gasteiger partial charge in [-0.3, -0.25) is 5.32 Å². The van der Waals surface area contributed by atoms with Crippen LogP contribution in [0, 0.1) is 0 Å². The van der Waals surface area contributed by atoms with E-state index < -0.39 is 35.5 Å². The Morgan fingerprint density at radius 2 is 1.77 bits per heavy atom. The lowest BCUT2D eigenvalue weighted by molar-refractivity contribution is -0.133. The molecule has 26 heavy (non-hydrogen) atoms. The Hall–Kier alpha value is -3.03. The van der Waals surface area contributed by atoms with Gasteiger partial charge in [0.15, 0.2) is 0 Å². The highest BCUT2D eigenvalue weighted by Crippen LogP contribution is 2.07. The molecule has 0 aromatic heterocycles. The lowest BCUT2D eigenvalue weighted by atomic mass is 10.2. The molecule has 1 aromatic carbocycles. The molecule has 0 saturated carbocycles. The summed E-state index contributed by atoms with van der Waals surface area (Å²) in [4.78, 5) is 34.7. The first-order valence-corrected chi connectivity index (χ1v) is 7.99. The van der Waals surface area contributed by atoms with Crippen LogP contribution in [0.1, 0.15) is 33.3 Å². The topological polar surface area (TPSA) is 114 Å². The Balaban J connectivity index is 2.58. The first kappa shape index (κ1) is 21.0. The number of carbonyl (C=O) groups is 3. The molecule has 0 spiro atoms. The number of hydrogen-bond acceptors (Lipinski definition) is 5. The van der Waals surface area contributed by atoms with Crippen molar-refractivity contribution in [3.63, 3.8) is 0 Å². The minimum atomic E-state index is -1.36. The van der Waals surface area contributed by atoms with E-state index in [-0.39, 0.29) is 6.61 Å². The SMILES string of the molecule is C[C@H](/C=C(\NC(=O)OC(C)(C)C)C(=O)O)NC(=O)OCc1ccccc1. The number of aliphatic carboxylic acids is 1. The van der Waals surface area contributed by atoms with E-state index in [1.807, 2.05) is 30.3 Å². The van der Waals surface area contributed by atoms with E-state index in [2.05, 4.69) is 10.6 Å². The summed E-state index contributed by atoms with van der Waals surface area (Å²) < 4.78 is 10.1. The summed E-state index contributed by atoms with van der Waals surface area (Å²) >= 11 is 0. The third kappa shape index (κ3) is 8.72. The van der Waals surface area contributed by atoms with Crippen molar-refractivity contribution >= 4 is 18.2 Å². The van der Waals surface area contributed by atoms with Gasteiger partial charge in [-0.25, -0.2) is 14.4 Å². The molecule has 0 heterocycles. The van der Waals surface area contributed by atoms with Gasteiger partial charge in [-0.15, -0.1) is 0 Å². The summed E-state index contributed by atoms with van der Waals surface area (Å²) in [6, 6.07) is 8.42. The van der Waals surface area contributed by atoms with Crippen molar-refractivity contribution in [1.82, 2.24) is 10.6 Å². The molecular formula is C18H24N2O6. The van der Waals surface area contributed by atoms with Crippen molar-refractivity contribution in [2.75, 3.05) is 0 Å². The van der Waals surface area contributed by atoms with Crippen LogP contribution in [-0.4, -0.2) is 34.9 Å². The Labute approximate surface area is 152 Å². The summed E-state index contributed by atoms with van der Waals surface area (Å²) in [6.07, 6.45) is -0.430. The van der Waals surface area contributed by atoms with Crippen LogP contribution in [-0.2, 0) is 20.9 Å². The van der Waals surface area contributed by atoms with Crippen LogP contribution in [0.15, 0.2) is 42.1 Å². The van der Waals surface area contributed by atoms with Crippen molar-refractivity contribution in [3.05, 3.63) is 47.7 Å². The second-order valence-corrected chi connectivity index (χ2v) is 6.51. The zero-order valence-corrected chi connectivity index (χ0v) is 15.2. The highest BCUT2D eigenvalue weighted by atomic mass is 16.6. The molecule has 1 rings (SSSR count). The molecule has 0 fully saturated rings. The average molecular weight is 364 g/mol. The van der Waals surface area contributed by atoms with Crippen LogP contribution in [0.5, 0.6) is 0 Å². The first-order chi connectivity index (χ1) is 12.1. The van der Waals surface area contributed by atoms with Gasteiger partial charge in [0, 0.05) is 0 Å². The number of amides is 2. The number of hydrogen-bond donors (Lipinski definition) is 3. The van der Waals surface area contributed by atoms with Gasteiger partial charge in [0.25, 0.3) is 0 Å². The van der Waals surface area contributed by atoms with Crippen molar-refractivity contribution in [1.29, 1.82) is 0 Å². The molecule has 0 aliphatic heterocycles. The Kier molecular flexibility index (Phi) is 7.64. The summed E-state index contributed by atoms with van der Waals surface area (Å²) in [5.41, 5.74) is -0.350. The number of alkyl carbamates (subject to hydrolysis) is 2. The zero-order valence-electron chi connectivity index (χ0n) is 15.2. The largest absolute Gasteiger partial charge is 0.477 e. The molecule has 0 aliphatic carbocycles. The van der Waals surface area contributed by atoms with E-state index in [9.17, 15) is 19.5 Å². The Morgan fingerprint density at radius 1 is 1.15 bits per heavy atom. The molecule has 3 N–H and O–H groups in total. The highest BCUT2D eigenvalue weighted by Gasteiger charge is 2.20. The maximum absolute atomic E-state index is 11.8. The van der Waals surface area contributed by atoms with Crippen LogP contribution >= 0.6 is 0 Å². The first-order valence-electron chi connectivity index (χ1n) is 7.99. The molecule has 0 bridgehead atoms. The zero-order chi connectivity index (χ0) is 19.7. The average Bonchev–Trinajstić information content (AvgIpc) is 2.51. The number of rotatable bonds is 6. The Morgan fingerprint density at radius 3 is 2.31 bits per heavy atom. The lowest BCUT2D eigenvalue weighted by Gasteiger charge is -2.20. The summed E-state index contributed by atoms with van der Waals surface area (Å²) in [7, 11) is 0. The van der Waals surface area contributed by atoms with Gasteiger partial charge in [-0.1, -0.05) is 30.3 Å². The second-order valence-electron chi connectivity index (χ2n) is 6.51. The van der Waals surface area contributed by atoms with Gasteiger partial charge in [0.05, 0.1) is 6.04 Å². The number of ether oxygens (including phenoxy) is 2. The molecule has 8 nitrogen and oxygen atoms in total. The molecule has 1 aromatic rings. The van der Waals surface area contributed by atoms with E-state index >= 15 is 0 Å².